The molecule has 0 spiro atoms. The van der Waals surface area contributed by atoms with Gasteiger partial charge in [-0.15, -0.1) is 0 Å². The van der Waals surface area contributed by atoms with Gasteiger partial charge in [0.1, 0.15) is 0 Å². The van der Waals surface area contributed by atoms with Crippen molar-refractivity contribution in [3.8, 4) is 0 Å². The second-order valence-electron chi connectivity index (χ2n) is 3.00. The minimum absolute atomic E-state index is 0.420. The number of aromatic nitrogens is 1. The molecule has 0 aromatic carbocycles. The van der Waals surface area contributed by atoms with Crippen molar-refractivity contribution in [3.05, 3.63) is 30.1 Å². The molecule has 2 heterocycles. The van der Waals surface area contributed by atoms with Crippen molar-refractivity contribution in [3.63, 3.8) is 0 Å². The molecule has 12 heavy (non-hydrogen) atoms. The fourth-order valence-electron chi connectivity index (χ4n) is 1.36. The molecule has 0 bridgehead atoms. The van der Waals surface area contributed by atoms with Crippen LogP contribution in [0.4, 0.5) is 0 Å². The maximum absolute atomic E-state index is 4.17. The fourth-order valence-corrected chi connectivity index (χ4v) is 1.36. The van der Waals surface area contributed by atoms with Gasteiger partial charge in [0, 0.05) is 38.1 Å². The summed E-state index contributed by atoms with van der Waals surface area (Å²) < 4.78 is 0. The minimum atomic E-state index is 0.420. The molecule has 1 aromatic rings. The van der Waals surface area contributed by atoms with E-state index in [1.165, 1.54) is 5.56 Å². The van der Waals surface area contributed by atoms with E-state index in [0.717, 1.165) is 6.54 Å². The van der Waals surface area contributed by atoms with Crippen LogP contribution in [0.25, 0.3) is 0 Å². The highest BCUT2D eigenvalue weighted by Gasteiger charge is 2.15. The third-order valence-corrected chi connectivity index (χ3v) is 2.02. The van der Waals surface area contributed by atoms with E-state index in [-0.39, 0.29) is 0 Å². The van der Waals surface area contributed by atoms with Gasteiger partial charge in [-0.05, 0) is 11.6 Å². The Kier molecular flexibility index (Phi) is 1.78. The quantitative estimate of drug-likeness (QED) is 0.617. The van der Waals surface area contributed by atoms with Gasteiger partial charge in [0.25, 0.3) is 0 Å². The first-order valence-corrected chi connectivity index (χ1v) is 4.01. The standard InChI is InChI=1S/C9H11N3/c1-12-7-9(6-11-12)8-3-2-4-10-5-8/h2-6,9H,7H2,1H3. The van der Waals surface area contributed by atoms with E-state index < -0.39 is 0 Å². The summed E-state index contributed by atoms with van der Waals surface area (Å²) in [7, 11) is 1.98. The lowest BCUT2D eigenvalue weighted by atomic mass is 10.0. The molecule has 1 aliphatic rings. The van der Waals surface area contributed by atoms with Crippen molar-refractivity contribution in [1.82, 2.24) is 9.99 Å². The second-order valence-corrected chi connectivity index (χ2v) is 3.00. The van der Waals surface area contributed by atoms with E-state index in [1.807, 2.05) is 30.5 Å². The van der Waals surface area contributed by atoms with Crippen LogP contribution in [0.15, 0.2) is 29.6 Å². The Morgan fingerprint density at radius 2 is 2.50 bits per heavy atom. The first-order chi connectivity index (χ1) is 5.86. The highest BCUT2D eigenvalue weighted by molar-refractivity contribution is 5.69. The number of hydrogen-bond donors (Lipinski definition) is 0. The Bertz CT molecular complexity index is 281. The first kappa shape index (κ1) is 7.28. The van der Waals surface area contributed by atoms with Crippen LogP contribution in [-0.2, 0) is 0 Å². The van der Waals surface area contributed by atoms with Crippen molar-refractivity contribution in [2.24, 2.45) is 5.10 Å². The van der Waals surface area contributed by atoms with Gasteiger partial charge in [-0.1, -0.05) is 6.07 Å². The van der Waals surface area contributed by atoms with Gasteiger partial charge in [0.05, 0.1) is 0 Å². The van der Waals surface area contributed by atoms with Crippen molar-refractivity contribution >= 4 is 6.21 Å². The van der Waals surface area contributed by atoms with E-state index in [2.05, 4.69) is 16.2 Å². The number of nitrogens with zero attached hydrogens (tertiary/aromatic N) is 3. The Balaban J connectivity index is 2.18. The molecule has 3 heteroatoms. The lowest BCUT2D eigenvalue weighted by Crippen LogP contribution is -2.11. The van der Waals surface area contributed by atoms with Gasteiger partial charge in [-0.25, -0.2) is 0 Å². The summed E-state index contributed by atoms with van der Waals surface area (Å²) in [4.78, 5) is 4.07. The zero-order valence-corrected chi connectivity index (χ0v) is 7.01. The van der Waals surface area contributed by atoms with Crippen LogP contribution in [0.2, 0.25) is 0 Å². The van der Waals surface area contributed by atoms with Crippen molar-refractivity contribution in [2.75, 3.05) is 13.6 Å². The molecular formula is C9H11N3. The second kappa shape index (κ2) is 2.93. The molecular weight excluding hydrogens is 150 g/mol. The molecule has 3 nitrogen and oxygen atoms in total. The van der Waals surface area contributed by atoms with Crippen LogP contribution in [0, 0.1) is 0 Å². The van der Waals surface area contributed by atoms with Gasteiger partial charge in [-0.2, -0.15) is 5.10 Å². The van der Waals surface area contributed by atoms with Crippen molar-refractivity contribution in [1.29, 1.82) is 0 Å². The topological polar surface area (TPSA) is 28.5 Å². The van der Waals surface area contributed by atoms with Crippen LogP contribution in [0.3, 0.4) is 0 Å². The smallest absolute Gasteiger partial charge is 0.0476 e. The van der Waals surface area contributed by atoms with E-state index in [1.54, 1.807) is 6.20 Å². The Morgan fingerprint density at radius 3 is 3.08 bits per heavy atom. The molecule has 2 rings (SSSR count). The van der Waals surface area contributed by atoms with Gasteiger partial charge in [-0.3, -0.25) is 9.99 Å². The summed E-state index contributed by atoms with van der Waals surface area (Å²) in [5, 5.41) is 6.12. The van der Waals surface area contributed by atoms with E-state index in [4.69, 9.17) is 0 Å². The molecule has 0 fully saturated rings. The third kappa shape index (κ3) is 1.30. The summed E-state index contributed by atoms with van der Waals surface area (Å²) in [5.74, 6) is 0.420. The zero-order chi connectivity index (χ0) is 8.39. The van der Waals surface area contributed by atoms with Crippen LogP contribution >= 0.6 is 0 Å². The highest BCUT2D eigenvalue weighted by Crippen LogP contribution is 2.17. The average Bonchev–Trinajstić information content (AvgIpc) is 2.54. The lowest BCUT2D eigenvalue weighted by Gasteiger charge is -2.09. The highest BCUT2D eigenvalue weighted by atomic mass is 15.4. The Hall–Kier alpha value is -1.38. The molecule has 0 saturated heterocycles. The summed E-state index contributed by atoms with van der Waals surface area (Å²) >= 11 is 0. The summed E-state index contributed by atoms with van der Waals surface area (Å²) in [6.45, 7) is 0.964. The summed E-state index contributed by atoms with van der Waals surface area (Å²) in [5.41, 5.74) is 1.24. The largest absolute Gasteiger partial charge is 0.299 e. The zero-order valence-electron chi connectivity index (χ0n) is 7.01. The third-order valence-electron chi connectivity index (χ3n) is 2.02. The van der Waals surface area contributed by atoms with E-state index in [0.29, 0.717) is 5.92 Å². The lowest BCUT2D eigenvalue weighted by molar-refractivity contribution is 0.381. The van der Waals surface area contributed by atoms with Crippen molar-refractivity contribution in [2.45, 2.75) is 5.92 Å². The van der Waals surface area contributed by atoms with E-state index in [9.17, 15) is 0 Å². The molecule has 0 amide bonds. The monoisotopic (exact) mass is 161 g/mol. The Labute approximate surface area is 71.7 Å². The van der Waals surface area contributed by atoms with Gasteiger partial charge >= 0.3 is 0 Å². The molecule has 0 saturated carbocycles. The normalized spacial score (nSPS) is 21.8. The summed E-state index contributed by atoms with van der Waals surface area (Å²) in [6, 6.07) is 4.05. The minimum Gasteiger partial charge on any atom is -0.299 e. The molecule has 0 aliphatic carbocycles. The predicted molar refractivity (Wildman–Crippen MR) is 48.1 cm³/mol. The molecule has 1 aromatic heterocycles. The maximum atomic E-state index is 4.17. The number of hydrazone groups is 1. The van der Waals surface area contributed by atoms with Crippen LogP contribution in [0.1, 0.15) is 11.5 Å². The molecule has 1 aliphatic heterocycles. The molecule has 0 radical (unpaired) electrons. The molecule has 0 N–H and O–H groups in total. The van der Waals surface area contributed by atoms with Gasteiger partial charge in [0.2, 0.25) is 0 Å². The maximum Gasteiger partial charge on any atom is 0.0476 e. The number of likely N-dealkylation sites (N-methyl/N-ethyl adjacent to an activating group) is 1. The predicted octanol–water partition coefficient (Wildman–Crippen LogP) is 1.10. The van der Waals surface area contributed by atoms with Crippen LogP contribution in [-0.4, -0.2) is 29.8 Å². The first-order valence-electron chi connectivity index (χ1n) is 4.01. The number of pyridine rings is 1. The Morgan fingerprint density at radius 1 is 1.58 bits per heavy atom. The number of hydrogen-bond acceptors (Lipinski definition) is 3. The number of rotatable bonds is 1. The molecule has 1 unspecified atom stereocenters. The molecule has 62 valence electrons. The fraction of sp³-hybridized carbons (Fsp3) is 0.333. The summed E-state index contributed by atoms with van der Waals surface area (Å²) in [6.07, 6.45) is 5.66. The average molecular weight is 161 g/mol. The van der Waals surface area contributed by atoms with Crippen molar-refractivity contribution < 1.29 is 0 Å². The van der Waals surface area contributed by atoms with Gasteiger partial charge in [0.15, 0.2) is 0 Å². The van der Waals surface area contributed by atoms with Gasteiger partial charge < -0.3 is 0 Å². The molecule has 1 atom stereocenters. The SMILES string of the molecule is CN1CC(c2cccnc2)C=N1. The van der Waals surface area contributed by atoms with Crippen LogP contribution < -0.4 is 0 Å². The van der Waals surface area contributed by atoms with E-state index >= 15 is 0 Å². The van der Waals surface area contributed by atoms with Crippen LogP contribution in [0.5, 0.6) is 0 Å².